The van der Waals surface area contributed by atoms with Crippen LogP contribution < -0.4 is 10.6 Å². The maximum absolute atomic E-state index is 14.0. The number of aromatic nitrogens is 2. The van der Waals surface area contributed by atoms with Gasteiger partial charge in [0.1, 0.15) is 5.60 Å². The number of amides is 2. The Kier molecular flexibility index (Phi) is 8.83. The lowest BCUT2D eigenvalue weighted by Gasteiger charge is -2.34. The molecule has 0 unspecified atom stereocenters. The van der Waals surface area contributed by atoms with Gasteiger partial charge in [0, 0.05) is 30.7 Å². The van der Waals surface area contributed by atoms with Crippen molar-refractivity contribution in [1.29, 1.82) is 0 Å². The minimum atomic E-state index is -4.61. The highest BCUT2D eigenvalue weighted by atomic mass is 19.4. The second kappa shape index (κ2) is 12.2. The molecular weight excluding hydrogens is 595 g/mol. The predicted molar refractivity (Wildman–Crippen MR) is 172 cm³/mol. The van der Waals surface area contributed by atoms with Gasteiger partial charge >= 0.3 is 12.3 Å². The van der Waals surface area contributed by atoms with Crippen LogP contribution in [0.4, 0.5) is 35.3 Å². The highest BCUT2D eigenvalue weighted by Crippen LogP contribution is 2.41. The van der Waals surface area contributed by atoms with Crippen molar-refractivity contribution in [3.8, 4) is 0 Å². The van der Waals surface area contributed by atoms with Gasteiger partial charge in [0.05, 0.1) is 16.7 Å². The first-order chi connectivity index (χ1) is 21.4. The summed E-state index contributed by atoms with van der Waals surface area (Å²) in [5.41, 5.74) is 3.85. The molecule has 0 aliphatic carbocycles. The second-order valence-corrected chi connectivity index (χ2v) is 13.9. The van der Waals surface area contributed by atoms with Crippen LogP contribution >= 0.6 is 0 Å². The number of piperidine rings is 1. The van der Waals surface area contributed by atoms with Crippen molar-refractivity contribution >= 4 is 29.3 Å². The number of ether oxygens (including phenoxy) is 1. The first kappa shape index (κ1) is 33.2. The molecule has 3 aromatic rings. The van der Waals surface area contributed by atoms with Crippen LogP contribution in [0.2, 0.25) is 0 Å². The van der Waals surface area contributed by atoms with Crippen molar-refractivity contribution < 1.29 is 27.5 Å². The largest absolute Gasteiger partial charge is 0.444 e. The molecule has 0 saturated carbocycles. The zero-order valence-corrected chi connectivity index (χ0v) is 27.5. The van der Waals surface area contributed by atoms with Crippen molar-refractivity contribution in [1.82, 2.24) is 14.9 Å². The van der Waals surface area contributed by atoms with E-state index in [9.17, 15) is 22.8 Å². The number of likely N-dealkylation sites (tertiary alicyclic amines) is 1. The van der Waals surface area contributed by atoms with E-state index >= 15 is 0 Å². The molecule has 3 heterocycles. The number of nitrogens with zero attached hydrogens (tertiary/aromatic N) is 3. The van der Waals surface area contributed by atoms with Crippen LogP contribution in [0.1, 0.15) is 92.5 Å². The molecule has 0 atom stereocenters. The average Bonchev–Trinajstić information content (AvgIpc) is 3.20. The lowest BCUT2D eigenvalue weighted by Crippen LogP contribution is -2.41. The van der Waals surface area contributed by atoms with Crippen LogP contribution in [0, 0.1) is 13.8 Å². The molecular formula is C35H42F3N5O3. The van der Waals surface area contributed by atoms with Crippen LogP contribution in [0.15, 0.2) is 36.5 Å². The fourth-order valence-electron chi connectivity index (χ4n) is 6.43. The van der Waals surface area contributed by atoms with Crippen LogP contribution in [0.5, 0.6) is 0 Å². The summed E-state index contributed by atoms with van der Waals surface area (Å²) < 4.78 is 47.6. The monoisotopic (exact) mass is 637 g/mol. The molecule has 2 N–H and O–H groups in total. The van der Waals surface area contributed by atoms with E-state index in [1.54, 1.807) is 11.0 Å². The van der Waals surface area contributed by atoms with Crippen LogP contribution in [-0.4, -0.2) is 45.6 Å². The summed E-state index contributed by atoms with van der Waals surface area (Å²) in [5, 5.41) is 6.02. The van der Waals surface area contributed by atoms with Crippen molar-refractivity contribution in [2.24, 2.45) is 0 Å². The molecule has 1 aromatic heterocycles. The smallest absolute Gasteiger partial charge is 0.419 e. The normalized spacial score (nSPS) is 16.7. The number of carbonyl (C=O) groups is 2. The van der Waals surface area contributed by atoms with E-state index in [2.05, 4.69) is 26.7 Å². The van der Waals surface area contributed by atoms with E-state index in [0.717, 1.165) is 41.3 Å². The van der Waals surface area contributed by atoms with E-state index in [0.29, 0.717) is 24.5 Å². The average molecular weight is 638 g/mol. The number of halogens is 3. The number of hydrogen-bond acceptors (Lipinski definition) is 6. The molecule has 2 amide bonds. The lowest BCUT2D eigenvalue weighted by atomic mass is 9.82. The molecule has 8 nitrogen and oxygen atoms in total. The van der Waals surface area contributed by atoms with Gasteiger partial charge in [-0.05, 0) is 120 Å². The molecule has 0 bridgehead atoms. The van der Waals surface area contributed by atoms with E-state index in [4.69, 9.17) is 4.74 Å². The van der Waals surface area contributed by atoms with Gasteiger partial charge in [-0.15, -0.1) is 0 Å². The van der Waals surface area contributed by atoms with Gasteiger partial charge in [-0.2, -0.15) is 13.2 Å². The second-order valence-electron chi connectivity index (χ2n) is 13.9. The number of rotatable bonds is 6. The summed E-state index contributed by atoms with van der Waals surface area (Å²) in [6, 6.07) is 9.53. The highest BCUT2D eigenvalue weighted by molar-refractivity contribution is 6.06. The summed E-state index contributed by atoms with van der Waals surface area (Å²) in [6.07, 6.45) is -2.15. The van der Waals surface area contributed by atoms with Gasteiger partial charge in [-0.25, -0.2) is 14.8 Å². The van der Waals surface area contributed by atoms with E-state index in [-0.39, 0.29) is 42.4 Å². The Labute approximate surface area is 268 Å². The molecule has 2 aliphatic rings. The van der Waals surface area contributed by atoms with E-state index < -0.39 is 22.8 Å². The summed E-state index contributed by atoms with van der Waals surface area (Å²) in [4.78, 5) is 35.2. The Balaban J connectivity index is 1.33. The van der Waals surface area contributed by atoms with Crippen LogP contribution in [-0.2, 0) is 34.0 Å². The maximum Gasteiger partial charge on any atom is 0.419 e. The number of alkyl halides is 3. The van der Waals surface area contributed by atoms with Crippen molar-refractivity contribution in [2.45, 2.75) is 97.3 Å². The molecule has 0 spiro atoms. The fourth-order valence-corrected chi connectivity index (χ4v) is 6.43. The Morgan fingerprint density at radius 2 is 1.78 bits per heavy atom. The number of benzene rings is 2. The standard InChI is InChI=1S/C35H42F3N5O3/c1-20-18-28(21(2)17-24(20)22-13-15-43(16-14-22)32(45)46-33(3,4)5)42-31-39-19-25(35(36,37)38)26(41-31)12-11-23-9-8-10-27-29(23)34(6,7)30(44)40-27/h8-10,17-19,22H,11-16H2,1-7H3,(H,40,44)(H,39,41,42). The Hall–Kier alpha value is -4.15. The van der Waals surface area contributed by atoms with Gasteiger partial charge in [0.2, 0.25) is 11.9 Å². The lowest BCUT2D eigenvalue weighted by molar-refractivity contribution is -0.138. The van der Waals surface area contributed by atoms with Crippen molar-refractivity contribution in [3.05, 3.63) is 75.6 Å². The summed E-state index contributed by atoms with van der Waals surface area (Å²) in [7, 11) is 0. The maximum atomic E-state index is 14.0. The molecule has 0 radical (unpaired) electrons. The third-order valence-corrected chi connectivity index (χ3v) is 8.84. The molecule has 11 heteroatoms. The molecule has 1 fully saturated rings. The Bertz CT molecular complexity index is 1650. The highest BCUT2D eigenvalue weighted by Gasteiger charge is 2.40. The van der Waals surface area contributed by atoms with Gasteiger partial charge < -0.3 is 20.3 Å². The van der Waals surface area contributed by atoms with E-state index in [1.807, 2.05) is 66.7 Å². The molecule has 246 valence electrons. The third kappa shape index (κ3) is 6.98. The number of nitrogens with one attached hydrogen (secondary N) is 2. The first-order valence-electron chi connectivity index (χ1n) is 15.7. The van der Waals surface area contributed by atoms with Gasteiger partial charge in [0.25, 0.3) is 0 Å². The number of fused-ring (bicyclic) bond motifs is 1. The SMILES string of the molecule is Cc1cc(C2CCN(C(=O)OC(C)(C)C)CC2)c(C)cc1Nc1ncc(C(F)(F)F)c(CCc2cccc3c2C(C)(C)C(=O)N3)n1. The minimum Gasteiger partial charge on any atom is -0.444 e. The third-order valence-electron chi connectivity index (χ3n) is 8.84. The molecule has 5 rings (SSSR count). The zero-order valence-electron chi connectivity index (χ0n) is 27.5. The molecule has 1 saturated heterocycles. The van der Waals surface area contributed by atoms with Crippen LogP contribution in [0.3, 0.4) is 0 Å². The number of carbonyl (C=O) groups excluding carboxylic acids is 2. The molecule has 46 heavy (non-hydrogen) atoms. The summed E-state index contributed by atoms with van der Waals surface area (Å²) in [5.74, 6) is 0.219. The van der Waals surface area contributed by atoms with Gasteiger partial charge in [0.15, 0.2) is 0 Å². The first-order valence-corrected chi connectivity index (χ1v) is 15.7. The molecule has 2 aliphatic heterocycles. The van der Waals surface area contributed by atoms with Crippen LogP contribution in [0.25, 0.3) is 0 Å². The number of hydrogen-bond donors (Lipinski definition) is 2. The number of anilines is 3. The van der Waals surface area contributed by atoms with E-state index in [1.165, 1.54) is 5.56 Å². The zero-order chi connectivity index (χ0) is 33.6. The predicted octanol–water partition coefficient (Wildman–Crippen LogP) is 7.99. The topological polar surface area (TPSA) is 96.5 Å². The van der Waals surface area contributed by atoms with Gasteiger partial charge in [-0.1, -0.05) is 18.2 Å². The Morgan fingerprint density at radius 3 is 2.43 bits per heavy atom. The number of aryl methyl sites for hydroxylation is 4. The fraction of sp³-hybridized carbons (Fsp3) is 0.486. The Morgan fingerprint density at radius 1 is 1.09 bits per heavy atom. The minimum absolute atomic E-state index is 0.0196. The molecule has 2 aromatic carbocycles. The van der Waals surface area contributed by atoms with Crippen molar-refractivity contribution in [2.75, 3.05) is 23.7 Å². The van der Waals surface area contributed by atoms with Crippen molar-refractivity contribution in [3.63, 3.8) is 0 Å². The summed E-state index contributed by atoms with van der Waals surface area (Å²) >= 11 is 0. The quantitative estimate of drug-likeness (QED) is 0.285. The summed E-state index contributed by atoms with van der Waals surface area (Å²) in [6.45, 7) is 14.4. The van der Waals surface area contributed by atoms with Gasteiger partial charge in [-0.3, -0.25) is 4.79 Å².